The maximum atomic E-state index is 12.7. The molecule has 0 radical (unpaired) electrons. The molecule has 2 amide bonds. The van der Waals surface area contributed by atoms with Gasteiger partial charge < -0.3 is 20.1 Å². The first-order chi connectivity index (χ1) is 13.3. The molecule has 2 fully saturated rings. The summed E-state index contributed by atoms with van der Waals surface area (Å²) in [4.78, 5) is 18.9. The lowest BCUT2D eigenvalue weighted by Crippen LogP contribution is -2.65. The summed E-state index contributed by atoms with van der Waals surface area (Å²) in [5, 5.41) is 13.3. The molecule has 1 saturated carbocycles. The average Bonchev–Trinajstić information content (AvgIpc) is 3.13. The number of amides is 2. The summed E-state index contributed by atoms with van der Waals surface area (Å²) in [6, 6.07) is 6.18. The van der Waals surface area contributed by atoms with Gasteiger partial charge in [-0.3, -0.25) is 0 Å². The van der Waals surface area contributed by atoms with Crippen molar-refractivity contribution >= 4 is 27.6 Å². The SMILES string of the molecule is CC1C(Oc2cccc3scnc23)CN1C(=O)NC1CCC(C(C)(C)O)CC1. The van der Waals surface area contributed by atoms with Crippen LogP contribution in [0.2, 0.25) is 0 Å². The summed E-state index contributed by atoms with van der Waals surface area (Å²) in [6.07, 6.45) is 3.74. The quantitative estimate of drug-likeness (QED) is 0.815. The number of carbonyl (C=O) groups excluding carboxylic acids is 1. The van der Waals surface area contributed by atoms with E-state index < -0.39 is 5.60 Å². The van der Waals surface area contributed by atoms with Gasteiger partial charge in [0.25, 0.3) is 0 Å². The predicted molar refractivity (Wildman–Crippen MR) is 111 cm³/mol. The van der Waals surface area contributed by atoms with Crippen LogP contribution in [0.5, 0.6) is 5.75 Å². The molecule has 2 atom stereocenters. The van der Waals surface area contributed by atoms with Crippen LogP contribution in [0.15, 0.2) is 23.7 Å². The van der Waals surface area contributed by atoms with Gasteiger partial charge in [-0.15, -0.1) is 11.3 Å². The van der Waals surface area contributed by atoms with Crippen LogP contribution in [0.25, 0.3) is 10.2 Å². The second-order valence-electron chi connectivity index (χ2n) is 8.66. The van der Waals surface area contributed by atoms with E-state index in [1.54, 1.807) is 11.3 Å². The van der Waals surface area contributed by atoms with Gasteiger partial charge in [0.15, 0.2) is 0 Å². The van der Waals surface area contributed by atoms with Crippen molar-refractivity contribution < 1.29 is 14.6 Å². The van der Waals surface area contributed by atoms with Gasteiger partial charge in [0, 0.05) is 6.04 Å². The van der Waals surface area contributed by atoms with Crippen LogP contribution in [0.3, 0.4) is 0 Å². The minimum Gasteiger partial charge on any atom is -0.484 e. The molecule has 6 nitrogen and oxygen atoms in total. The topological polar surface area (TPSA) is 74.7 Å². The maximum absolute atomic E-state index is 12.7. The summed E-state index contributed by atoms with van der Waals surface area (Å²) in [5.74, 6) is 1.11. The van der Waals surface area contributed by atoms with Crippen LogP contribution < -0.4 is 10.1 Å². The van der Waals surface area contributed by atoms with Crippen LogP contribution >= 0.6 is 11.3 Å². The third-order valence-corrected chi connectivity index (χ3v) is 7.12. The maximum Gasteiger partial charge on any atom is 0.318 e. The molecule has 1 aliphatic heterocycles. The zero-order valence-corrected chi connectivity index (χ0v) is 17.5. The van der Waals surface area contributed by atoms with E-state index in [9.17, 15) is 9.90 Å². The molecule has 4 rings (SSSR count). The van der Waals surface area contributed by atoms with Gasteiger partial charge in [-0.1, -0.05) is 6.07 Å². The monoisotopic (exact) mass is 403 g/mol. The van der Waals surface area contributed by atoms with Crippen LogP contribution in [0.1, 0.15) is 46.5 Å². The normalized spacial score (nSPS) is 28.1. The number of thiazole rings is 1. The smallest absolute Gasteiger partial charge is 0.318 e. The molecule has 0 spiro atoms. The van der Waals surface area contributed by atoms with E-state index in [4.69, 9.17) is 4.74 Å². The number of urea groups is 1. The van der Waals surface area contributed by atoms with Crippen molar-refractivity contribution in [3.05, 3.63) is 23.7 Å². The number of nitrogens with zero attached hydrogens (tertiary/aromatic N) is 2. The first kappa shape index (κ1) is 19.5. The molecule has 1 aromatic carbocycles. The fourth-order valence-corrected chi connectivity index (χ4v) is 4.99. The van der Waals surface area contributed by atoms with Gasteiger partial charge >= 0.3 is 6.03 Å². The summed E-state index contributed by atoms with van der Waals surface area (Å²) in [6.45, 7) is 6.38. The highest BCUT2D eigenvalue weighted by molar-refractivity contribution is 7.16. The minimum absolute atomic E-state index is 0.00840. The van der Waals surface area contributed by atoms with E-state index in [1.807, 2.05) is 49.4 Å². The Morgan fingerprint density at radius 1 is 1.32 bits per heavy atom. The van der Waals surface area contributed by atoms with Gasteiger partial charge in [0.05, 0.1) is 28.4 Å². The number of ether oxygens (including phenoxy) is 1. The van der Waals surface area contributed by atoms with E-state index >= 15 is 0 Å². The lowest BCUT2D eigenvalue weighted by Gasteiger charge is -2.46. The fourth-order valence-electron chi connectivity index (χ4n) is 4.30. The lowest BCUT2D eigenvalue weighted by molar-refractivity contribution is -0.0120. The molecule has 2 heterocycles. The Balaban J connectivity index is 1.28. The number of nitrogens with one attached hydrogen (secondary N) is 1. The third-order valence-electron chi connectivity index (χ3n) is 6.32. The second-order valence-corrected chi connectivity index (χ2v) is 9.54. The Kier molecular flexibility index (Phi) is 5.22. The molecule has 0 bridgehead atoms. The summed E-state index contributed by atoms with van der Waals surface area (Å²) in [5.41, 5.74) is 2.09. The number of carbonyl (C=O) groups is 1. The first-order valence-corrected chi connectivity index (χ1v) is 11.0. The highest BCUT2D eigenvalue weighted by Crippen LogP contribution is 2.33. The van der Waals surface area contributed by atoms with E-state index in [1.165, 1.54) is 0 Å². The number of aromatic nitrogens is 1. The van der Waals surface area contributed by atoms with Crippen LogP contribution in [-0.2, 0) is 0 Å². The van der Waals surface area contributed by atoms with Gasteiger partial charge in [-0.2, -0.15) is 0 Å². The Morgan fingerprint density at radius 3 is 2.75 bits per heavy atom. The van der Waals surface area contributed by atoms with Crippen molar-refractivity contribution in [2.24, 2.45) is 5.92 Å². The van der Waals surface area contributed by atoms with E-state index in [0.717, 1.165) is 41.6 Å². The highest BCUT2D eigenvalue weighted by atomic mass is 32.1. The van der Waals surface area contributed by atoms with E-state index in [0.29, 0.717) is 12.5 Å². The number of aliphatic hydroxyl groups is 1. The number of fused-ring (bicyclic) bond motifs is 1. The van der Waals surface area contributed by atoms with Crippen molar-refractivity contribution in [3.63, 3.8) is 0 Å². The van der Waals surface area contributed by atoms with Crippen LogP contribution in [0.4, 0.5) is 4.79 Å². The standard InChI is InChI=1S/C21H29N3O3S/c1-13-17(27-16-5-4-6-18-19(16)22-12-28-18)11-24(13)20(25)23-15-9-7-14(8-10-15)21(2,3)26/h4-6,12-15,17,26H,7-11H2,1-3H3,(H,23,25). The lowest BCUT2D eigenvalue weighted by atomic mass is 9.77. The molecule has 2 unspecified atom stereocenters. The van der Waals surface area contributed by atoms with E-state index in [2.05, 4.69) is 10.3 Å². The number of rotatable bonds is 4. The van der Waals surface area contributed by atoms with Gasteiger partial charge in [0.1, 0.15) is 17.4 Å². The second kappa shape index (κ2) is 7.52. The molecule has 28 heavy (non-hydrogen) atoms. The van der Waals surface area contributed by atoms with Crippen molar-refractivity contribution in [2.75, 3.05) is 6.54 Å². The minimum atomic E-state index is -0.633. The van der Waals surface area contributed by atoms with Crippen molar-refractivity contribution in [1.29, 1.82) is 0 Å². The number of hydrogen-bond acceptors (Lipinski definition) is 5. The van der Waals surface area contributed by atoms with Crippen molar-refractivity contribution in [2.45, 2.75) is 70.2 Å². The molecular formula is C21H29N3O3S. The molecule has 1 aliphatic carbocycles. The summed E-state index contributed by atoms with van der Waals surface area (Å²) < 4.78 is 7.26. The Morgan fingerprint density at radius 2 is 2.07 bits per heavy atom. The van der Waals surface area contributed by atoms with Crippen molar-refractivity contribution in [3.8, 4) is 5.75 Å². The van der Waals surface area contributed by atoms with Gasteiger partial charge in [-0.05, 0) is 64.5 Å². The molecule has 2 N–H and O–H groups in total. The zero-order chi connectivity index (χ0) is 19.9. The summed E-state index contributed by atoms with van der Waals surface area (Å²) >= 11 is 1.60. The molecule has 2 aromatic rings. The first-order valence-electron chi connectivity index (χ1n) is 10.1. The Bertz CT molecular complexity index is 839. The van der Waals surface area contributed by atoms with Crippen LogP contribution in [-0.4, -0.2) is 51.4 Å². The third kappa shape index (κ3) is 3.82. The number of benzene rings is 1. The number of hydrogen-bond donors (Lipinski definition) is 2. The molecular weight excluding hydrogens is 374 g/mol. The highest BCUT2D eigenvalue weighted by Gasteiger charge is 2.41. The molecule has 2 aliphatic rings. The number of para-hydroxylation sites is 1. The molecule has 1 aromatic heterocycles. The zero-order valence-electron chi connectivity index (χ0n) is 16.7. The predicted octanol–water partition coefficient (Wildman–Crippen LogP) is 3.79. The Hall–Kier alpha value is -1.86. The average molecular weight is 404 g/mol. The number of likely N-dealkylation sites (tertiary alicyclic amines) is 1. The van der Waals surface area contributed by atoms with Crippen molar-refractivity contribution in [1.82, 2.24) is 15.2 Å². The van der Waals surface area contributed by atoms with Crippen LogP contribution in [0, 0.1) is 5.92 Å². The van der Waals surface area contributed by atoms with E-state index in [-0.39, 0.29) is 24.2 Å². The largest absolute Gasteiger partial charge is 0.484 e. The fraction of sp³-hybridized carbons (Fsp3) is 0.619. The molecule has 1 saturated heterocycles. The van der Waals surface area contributed by atoms with Gasteiger partial charge in [0.2, 0.25) is 0 Å². The molecule has 7 heteroatoms. The Labute approximate surface area is 169 Å². The summed E-state index contributed by atoms with van der Waals surface area (Å²) in [7, 11) is 0. The van der Waals surface area contributed by atoms with Gasteiger partial charge in [-0.25, -0.2) is 9.78 Å². The molecule has 152 valence electrons.